The highest BCUT2D eigenvalue weighted by molar-refractivity contribution is 5.94. The normalized spacial score (nSPS) is 14.0. The standard InChI is InChI=1S/C28H40N10O5/c1-15(2)23(38-24(39)19(29)7-5-9-33-28(30)31)26(41)36-21(11-17-13-32-14-35-17)25(40)37-22(27(42)43)10-16-12-34-20-8-4-3-6-18(16)20/h3-4,6,8,12-15,19,21-23,34H,5,7,9-11,29H2,1-2H3,(H,32,35)(H,36,41)(H,37,40)(H,38,39)(H,42,43)(H4,30,31,33). The number of nitrogens with zero attached hydrogens (tertiary/aromatic N) is 2. The summed E-state index contributed by atoms with van der Waals surface area (Å²) in [5, 5.41) is 18.7. The molecule has 15 nitrogen and oxygen atoms in total. The Labute approximate surface area is 248 Å². The summed E-state index contributed by atoms with van der Waals surface area (Å²) in [6.07, 6.45) is 5.39. The summed E-state index contributed by atoms with van der Waals surface area (Å²) in [5.74, 6) is -3.53. The highest BCUT2D eigenvalue weighted by atomic mass is 16.4. The molecule has 0 spiro atoms. The molecular formula is C28H40N10O5. The Hall–Kier alpha value is -4.92. The molecule has 4 unspecified atom stereocenters. The molecule has 2 aromatic heterocycles. The number of guanidine groups is 1. The zero-order valence-electron chi connectivity index (χ0n) is 24.2. The predicted octanol–water partition coefficient (Wildman–Crippen LogP) is -0.748. The third-order valence-electron chi connectivity index (χ3n) is 6.88. The third kappa shape index (κ3) is 9.56. The van der Waals surface area contributed by atoms with Crippen LogP contribution in [0.25, 0.3) is 10.9 Å². The molecule has 4 atom stereocenters. The summed E-state index contributed by atoms with van der Waals surface area (Å²) in [5.41, 5.74) is 18.7. The van der Waals surface area contributed by atoms with E-state index in [1.807, 2.05) is 24.3 Å². The van der Waals surface area contributed by atoms with Crippen LogP contribution in [0.3, 0.4) is 0 Å². The molecule has 0 bridgehead atoms. The SMILES string of the molecule is CC(C)C(NC(=O)C(N)CCCN=C(N)N)C(=O)NC(Cc1cnc[nH]1)C(=O)NC(Cc1c[nH]c2ccccc12)C(=O)O. The van der Waals surface area contributed by atoms with E-state index >= 15 is 0 Å². The fourth-order valence-corrected chi connectivity index (χ4v) is 4.53. The maximum Gasteiger partial charge on any atom is 0.326 e. The summed E-state index contributed by atoms with van der Waals surface area (Å²) in [6, 6.07) is 3.05. The number of imidazole rings is 1. The van der Waals surface area contributed by atoms with Crippen LogP contribution in [0.1, 0.15) is 37.9 Å². The second kappa shape index (κ2) is 15.3. The molecule has 3 rings (SSSR count). The van der Waals surface area contributed by atoms with Crippen LogP contribution >= 0.6 is 0 Å². The molecule has 0 saturated carbocycles. The Balaban J connectivity index is 1.71. The summed E-state index contributed by atoms with van der Waals surface area (Å²) in [6.45, 7) is 3.78. The fourth-order valence-electron chi connectivity index (χ4n) is 4.53. The van der Waals surface area contributed by atoms with Gasteiger partial charge in [-0.25, -0.2) is 9.78 Å². The first-order valence-corrected chi connectivity index (χ1v) is 13.9. The Morgan fingerprint density at radius 2 is 1.70 bits per heavy atom. The first kappa shape index (κ1) is 32.6. The molecule has 12 N–H and O–H groups in total. The lowest BCUT2D eigenvalue weighted by atomic mass is 10.0. The van der Waals surface area contributed by atoms with Crippen LogP contribution in [0, 0.1) is 5.92 Å². The predicted molar refractivity (Wildman–Crippen MR) is 160 cm³/mol. The van der Waals surface area contributed by atoms with Gasteiger partial charge < -0.3 is 48.2 Å². The lowest BCUT2D eigenvalue weighted by molar-refractivity contribution is -0.142. The number of carbonyl (C=O) groups excluding carboxylic acids is 3. The number of carbonyl (C=O) groups is 4. The molecule has 3 aromatic rings. The number of hydrogen-bond donors (Lipinski definition) is 9. The molecule has 0 fully saturated rings. The van der Waals surface area contributed by atoms with Crippen molar-refractivity contribution in [1.82, 2.24) is 30.9 Å². The van der Waals surface area contributed by atoms with Crippen molar-refractivity contribution in [2.45, 2.75) is 63.7 Å². The largest absolute Gasteiger partial charge is 0.480 e. The van der Waals surface area contributed by atoms with Gasteiger partial charge in [-0.2, -0.15) is 0 Å². The molecule has 0 aliphatic rings. The lowest BCUT2D eigenvalue weighted by Crippen LogP contribution is -2.59. The van der Waals surface area contributed by atoms with Gasteiger partial charge >= 0.3 is 5.97 Å². The van der Waals surface area contributed by atoms with Crippen molar-refractivity contribution in [3.05, 3.63) is 54.2 Å². The van der Waals surface area contributed by atoms with Crippen molar-refractivity contribution in [2.75, 3.05) is 6.54 Å². The van der Waals surface area contributed by atoms with E-state index < -0.39 is 47.9 Å². The fraction of sp³-hybridized carbons (Fsp3) is 0.429. The minimum atomic E-state index is -1.27. The second-order valence-corrected chi connectivity index (χ2v) is 10.6. The average molecular weight is 597 g/mol. The summed E-state index contributed by atoms with van der Waals surface area (Å²) in [7, 11) is 0. The van der Waals surface area contributed by atoms with Crippen LogP contribution in [-0.4, -0.2) is 80.4 Å². The summed E-state index contributed by atoms with van der Waals surface area (Å²) >= 11 is 0. The molecule has 15 heteroatoms. The van der Waals surface area contributed by atoms with E-state index in [0.29, 0.717) is 18.7 Å². The molecule has 232 valence electrons. The Bertz CT molecular complexity index is 1410. The van der Waals surface area contributed by atoms with Crippen molar-refractivity contribution in [1.29, 1.82) is 0 Å². The third-order valence-corrected chi connectivity index (χ3v) is 6.88. The van der Waals surface area contributed by atoms with Crippen molar-refractivity contribution in [3.8, 4) is 0 Å². The van der Waals surface area contributed by atoms with E-state index in [9.17, 15) is 24.3 Å². The van der Waals surface area contributed by atoms with Gasteiger partial charge in [-0.1, -0.05) is 32.0 Å². The number of benzene rings is 1. The second-order valence-electron chi connectivity index (χ2n) is 10.6. The van der Waals surface area contributed by atoms with Crippen molar-refractivity contribution >= 4 is 40.6 Å². The molecule has 2 heterocycles. The maximum absolute atomic E-state index is 13.5. The van der Waals surface area contributed by atoms with Crippen LogP contribution < -0.4 is 33.2 Å². The number of para-hydroxylation sites is 1. The van der Waals surface area contributed by atoms with Gasteiger partial charge in [0, 0.05) is 48.4 Å². The first-order chi connectivity index (χ1) is 20.5. The topological polar surface area (TPSA) is 259 Å². The van der Waals surface area contributed by atoms with Gasteiger partial charge in [0.25, 0.3) is 0 Å². The van der Waals surface area contributed by atoms with Gasteiger partial charge in [0.15, 0.2) is 5.96 Å². The van der Waals surface area contributed by atoms with E-state index in [1.165, 1.54) is 12.5 Å². The van der Waals surface area contributed by atoms with Gasteiger partial charge in [-0.05, 0) is 30.4 Å². The number of amides is 3. The highest BCUT2D eigenvalue weighted by Gasteiger charge is 2.32. The van der Waals surface area contributed by atoms with Gasteiger partial charge in [-0.15, -0.1) is 0 Å². The minimum absolute atomic E-state index is 0.0000645. The van der Waals surface area contributed by atoms with Crippen LogP contribution in [0.4, 0.5) is 0 Å². The number of nitrogens with two attached hydrogens (primary N) is 3. The van der Waals surface area contributed by atoms with E-state index in [0.717, 1.165) is 16.5 Å². The van der Waals surface area contributed by atoms with Crippen molar-refractivity contribution in [3.63, 3.8) is 0 Å². The molecule has 3 amide bonds. The smallest absolute Gasteiger partial charge is 0.326 e. The number of aliphatic imine (C=N–C) groups is 1. The van der Waals surface area contributed by atoms with Crippen LogP contribution in [0.5, 0.6) is 0 Å². The van der Waals surface area contributed by atoms with Crippen LogP contribution in [-0.2, 0) is 32.0 Å². The first-order valence-electron chi connectivity index (χ1n) is 13.9. The number of carboxylic acids is 1. The minimum Gasteiger partial charge on any atom is -0.480 e. The lowest BCUT2D eigenvalue weighted by Gasteiger charge is -2.27. The molecule has 1 aromatic carbocycles. The number of H-pyrrole nitrogens is 2. The van der Waals surface area contributed by atoms with Gasteiger partial charge in [-0.3, -0.25) is 19.4 Å². The number of fused-ring (bicyclic) bond motifs is 1. The van der Waals surface area contributed by atoms with Gasteiger partial charge in [0.2, 0.25) is 17.7 Å². The number of aromatic nitrogens is 3. The number of rotatable bonds is 16. The van der Waals surface area contributed by atoms with Crippen LogP contribution in [0.15, 0.2) is 48.0 Å². The highest BCUT2D eigenvalue weighted by Crippen LogP contribution is 2.19. The molecule has 0 aliphatic heterocycles. The maximum atomic E-state index is 13.5. The monoisotopic (exact) mass is 596 g/mol. The van der Waals surface area contributed by atoms with Gasteiger partial charge in [0.05, 0.1) is 12.4 Å². The van der Waals surface area contributed by atoms with Crippen LogP contribution in [0.2, 0.25) is 0 Å². The summed E-state index contributed by atoms with van der Waals surface area (Å²) < 4.78 is 0. The zero-order chi connectivity index (χ0) is 31.5. The van der Waals surface area contributed by atoms with E-state index in [-0.39, 0.29) is 31.1 Å². The van der Waals surface area contributed by atoms with Crippen molar-refractivity contribution in [2.24, 2.45) is 28.1 Å². The number of aliphatic carboxylic acids is 1. The van der Waals surface area contributed by atoms with E-state index in [4.69, 9.17) is 17.2 Å². The van der Waals surface area contributed by atoms with E-state index in [1.54, 1.807) is 20.0 Å². The number of aromatic amines is 2. The average Bonchev–Trinajstić information content (AvgIpc) is 3.62. The number of nitrogens with one attached hydrogen (secondary N) is 5. The summed E-state index contributed by atoms with van der Waals surface area (Å²) in [4.78, 5) is 65.6. The molecule has 0 radical (unpaired) electrons. The number of hydrogen-bond acceptors (Lipinski definition) is 7. The molecule has 43 heavy (non-hydrogen) atoms. The number of carboxylic acid groups (broad SMARTS) is 1. The Kier molecular flexibility index (Phi) is 11.6. The Morgan fingerprint density at radius 1 is 0.977 bits per heavy atom. The Morgan fingerprint density at radius 3 is 2.35 bits per heavy atom. The van der Waals surface area contributed by atoms with Crippen molar-refractivity contribution < 1.29 is 24.3 Å². The zero-order valence-corrected chi connectivity index (χ0v) is 24.2. The molecular weight excluding hydrogens is 556 g/mol. The molecule has 0 aliphatic carbocycles. The van der Waals surface area contributed by atoms with Gasteiger partial charge in [0.1, 0.15) is 18.1 Å². The molecule has 0 saturated heterocycles. The van der Waals surface area contributed by atoms with E-state index in [2.05, 4.69) is 35.9 Å². The quantitative estimate of drug-likeness (QED) is 0.0571.